The molecule has 0 bridgehead atoms. The number of nitrogens with zero attached hydrogens (tertiary/aromatic N) is 1. The van der Waals surface area contributed by atoms with Crippen LogP contribution in [0.15, 0.2) is 42.0 Å². The van der Waals surface area contributed by atoms with Crippen molar-refractivity contribution in [2.24, 2.45) is 0 Å². The van der Waals surface area contributed by atoms with Crippen LogP contribution in [0.2, 0.25) is 0 Å². The normalized spacial score (nSPS) is 19.5. The van der Waals surface area contributed by atoms with E-state index < -0.39 is 0 Å². The molecule has 0 aliphatic carbocycles. The van der Waals surface area contributed by atoms with Crippen LogP contribution in [0.25, 0.3) is 10.9 Å². The van der Waals surface area contributed by atoms with Crippen LogP contribution in [0.5, 0.6) is 0 Å². The minimum Gasteiger partial charge on any atom is -0.469 e. The molecule has 1 aliphatic heterocycles. The highest BCUT2D eigenvalue weighted by atomic mass is 16.5. The Bertz CT molecular complexity index is 654. The number of esters is 1. The quantitative estimate of drug-likeness (QED) is 0.696. The zero-order chi connectivity index (χ0) is 14.8. The number of nitrogens with one attached hydrogen (secondary N) is 1. The second-order valence-corrected chi connectivity index (χ2v) is 5.59. The van der Waals surface area contributed by atoms with E-state index in [2.05, 4.69) is 41.2 Å². The van der Waals surface area contributed by atoms with Gasteiger partial charge in [0.15, 0.2) is 0 Å². The molecule has 1 aromatic carbocycles. The molecule has 0 saturated carbocycles. The van der Waals surface area contributed by atoms with E-state index >= 15 is 0 Å². The first-order chi connectivity index (χ1) is 10.2. The van der Waals surface area contributed by atoms with Gasteiger partial charge in [-0.05, 0) is 31.0 Å². The van der Waals surface area contributed by atoms with E-state index in [4.69, 9.17) is 4.74 Å². The molecule has 3 rings (SSSR count). The monoisotopic (exact) mass is 284 g/mol. The first-order valence-corrected chi connectivity index (χ1v) is 7.20. The summed E-state index contributed by atoms with van der Waals surface area (Å²) < 4.78 is 4.77. The van der Waals surface area contributed by atoms with Crippen molar-refractivity contribution in [3.8, 4) is 0 Å². The third-order valence-corrected chi connectivity index (χ3v) is 4.16. The van der Waals surface area contributed by atoms with E-state index in [1.807, 2.05) is 12.1 Å². The summed E-state index contributed by atoms with van der Waals surface area (Å²) in [5.74, 6) is -0.166. The number of rotatable bonds is 3. The molecule has 110 valence electrons. The van der Waals surface area contributed by atoms with Gasteiger partial charge in [0, 0.05) is 17.8 Å². The van der Waals surface area contributed by atoms with E-state index in [9.17, 15) is 4.79 Å². The molecule has 0 radical (unpaired) electrons. The molecule has 1 N–H and O–H groups in total. The van der Waals surface area contributed by atoms with Crippen molar-refractivity contribution < 1.29 is 9.53 Å². The number of para-hydroxylation sites is 1. The van der Waals surface area contributed by atoms with Crippen molar-refractivity contribution in [2.75, 3.05) is 20.7 Å². The standard InChI is InChI=1S/C17H20N2O2/c1-19-8-7-12(10-17(20)21-2)9-16(19)15-11-13-5-3-4-6-14(13)18-15/h3-7,11,16,18H,8-10H2,1-2H3. The summed E-state index contributed by atoms with van der Waals surface area (Å²) >= 11 is 0. The first kappa shape index (κ1) is 13.9. The molecule has 1 atom stereocenters. The molecule has 1 aliphatic rings. The van der Waals surface area contributed by atoms with Crippen LogP contribution < -0.4 is 0 Å². The van der Waals surface area contributed by atoms with Gasteiger partial charge in [-0.1, -0.05) is 29.8 Å². The highest BCUT2D eigenvalue weighted by Gasteiger charge is 2.24. The van der Waals surface area contributed by atoms with Gasteiger partial charge >= 0.3 is 5.97 Å². The Morgan fingerprint density at radius 3 is 3.00 bits per heavy atom. The van der Waals surface area contributed by atoms with Gasteiger partial charge < -0.3 is 9.72 Å². The highest BCUT2D eigenvalue weighted by Crippen LogP contribution is 2.32. The predicted octanol–water partition coefficient (Wildman–Crippen LogP) is 3.03. The van der Waals surface area contributed by atoms with Crippen molar-refractivity contribution in [3.63, 3.8) is 0 Å². The fourth-order valence-corrected chi connectivity index (χ4v) is 2.91. The predicted molar refractivity (Wildman–Crippen MR) is 83.0 cm³/mol. The Morgan fingerprint density at radius 2 is 2.24 bits per heavy atom. The summed E-state index contributed by atoms with van der Waals surface area (Å²) in [6, 6.07) is 10.8. The number of aromatic amines is 1. The average Bonchev–Trinajstić information content (AvgIpc) is 2.92. The van der Waals surface area contributed by atoms with Crippen molar-refractivity contribution in [3.05, 3.63) is 47.7 Å². The molecule has 1 unspecified atom stereocenters. The maximum atomic E-state index is 11.5. The summed E-state index contributed by atoms with van der Waals surface area (Å²) in [6.07, 6.45) is 3.38. The van der Waals surface area contributed by atoms with Gasteiger partial charge in [-0.2, -0.15) is 0 Å². The van der Waals surface area contributed by atoms with Crippen LogP contribution in [0.4, 0.5) is 0 Å². The first-order valence-electron chi connectivity index (χ1n) is 7.20. The molecule has 4 heteroatoms. The summed E-state index contributed by atoms with van der Waals surface area (Å²) in [7, 11) is 3.55. The maximum absolute atomic E-state index is 11.5. The van der Waals surface area contributed by atoms with Gasteiger partial charge in [-0.3, -0.25) is 9.69 Å². The third-order valence-electron chi connectivity index (χ3n) is 4.16. The van der Waals surface area contributed by atoms with Crippen LogP contribution in [0.3, 0.4) is 0 Å². The number of carbonyl (C=O) groups is 1. The summed E-state index contributed by atoms with van der Waals surface area (Å²) in [5.41, 5.74) is 3.52. The van der Waals surface area contributed by atoms with E-state index in [0.29, 0.717) is 6.42 Å². The molecule has 0 fully saturated rings. The van der Waals surface area contributed by atoms with Gasteiger partial charge in [-0.15, -0.1) is 0 Å². The number of hydrogen-bond acceptors (Lipinski definition) is 3. The number of carbonyl (C=O) groups excluding carboxylic acids is 1. The SMILES string of the molecule is COC(=O)CC1=CCN(C)C(c2cc3ccccc3[nH]2)C1. The van der Waals surface area contributed by atoms with Crippen molar-refractivity contribution in [1.29, 1.82) is 0 Å². The lowest BCUT2D eigenvalue weighted by molar-refractivity contribution is -0.139. The van der Waals surface area contributed by atoms with Crippen LogP contribution in [0, 0.1) is 0 Å². The molecule has 2 heterocycles. The zero-order valence-electron chi connectivity index (χ0n) is 12.4. The van der Waals surface area contributed by atoms with E-state index in [1.165, 1.54) is 18.2 Å². The minimum atomic E-state index is -0.166. The average molecular weight is 284 g/mol. The number of fused-ring (bicyclic) bond motifs is 1. The Kier molecular flexibility index (Phi) is 3.80. The second-order valence-electron chi connectivity index (χ2n) is 5.59. The van der Waals surface area contributed by atoms with Crippen LogP contribution >= 0.6 is 0 Å². The lowest BCUT2D eigenvalue weighted by Gasteiger charge is -2.31. The number of aromatic nitrogens is 1. The molecular formula is C17H20N2O2. The van der Waals surface area contributed by atoms with Crippen molar-refractivity contribution >= 4 is 16.9 Å². The molecular weight excluding hydrogens is 264 g/mol. The van der Waals surface area contributed by atoms with Crippen LogP contribution in [0.1, 0.15) is 24.6 Å². The van der Waals surface area contributed by atoms with Gasteiger partial charge in [-0.25, -0.2) is 0 Å². The number of H-pyrrole nitrogens is 1. The number of hydrogen-bond donors (Lipinski definition) is 1. The van der Waals surface area contributed by atoms with E-state index in [1.54, 1.807) is 0 Å². The number of likely N-dealkylation sites (N-methyl/N-ethyl adjacent to an activating group) is 1. The minimum absolute atomic E-state index is 0.166. The Labute approximate surface area is 124 Å². The topological polar surface area (TPSA) is 45.3 Å². The number of ether oxygens (including phenoxy) is 1. The fourth-order valence-electron chi connectivity index (χ4n) is 2.91. The molecule has 1 aromatic heterocycles. The van der Waals surface area contributed by atoms with E-state index in [0.717, 1.165) is 24.1 Å². The lowest BCUT2D eigenvalue weighted by Crippen LogP contribution is -2.29. The maximum Gasteiger partial charge on any atom is 0.309 e. The zero-order valence-corrected chi connectivity index (χ0v) is 12.4. The summed E-state index contributed by atoms with van der Waals surface area (Å²) in [5, 5.41) is 1.23. The molecule has 0 saturated heterocycles. The van der Waals surface area contributed by atoms with Gasteiger partial charge in [0.05, 0.1) is 19.6 Å². The fraction of sp³-hybridized carbons (Fsp3) is 0.353. The Hall–Kier alpha value is -2.07. The molecule has 21 heavy (non-hydrogen) atoms. The number of benzene rings is 1. The number of methoxy groups -OCH3 is 1. The molecule has 2 aromatic rings. The molecule has 0 spiro atoms. The Balaban J connectivity index is 1.84. The van der Waals surface area contributed by atoms with Gasteiger partial charge in [0.1, 0.15) is 0 Å². The Morgan fingerprint density at radius 1 is 1.43 bits per heavy atom. The van der Waals surface area contributed by atoms with Gasteiger partial charge in [0.2, 0.25) is 0 Å². The summed E-state index contributed by atoms with van der Waals surface area (Å²) in [6.45, 7) is 0.854. The van der Waals surface area contributed by atoms with Crippen molar-refractivity contribution in [2.45, 2.75) is 18.9 Å². The third kappa shape index (κ3) is 2.85. The second kappa shape index (κ2) is 5.74. The highest BCUT2D eigenvalue weighted by molar-refractivity contribution is 5.80. The summed E-state index contributed by atoms with van der Waals surface area (Å²) in [4.78, 5) is 17.3. The van der Waals surface area contributed by atoms with Crippen LogP contribution in [-0.4, -0.2) is 36.6 Å². The smallest absolute Gasteiger partial charge is 0.309 e. The van der Waals surface area contributed by atoms with Gasteiger partial charge in [0.25, 0.3) is 0 Å². The van der Waals surface area contributed by atoms with E-state index in [-0.39, 0.29) is 12.0 Å². The lowest BCUT2D eigenvalue weighted by atomic mass is 9.96. The molecule has 4 nitrogen and oxygen atoms in total. The molecule has 0 amide bonds. The van der Waals surface area contributed by atoms with Crippen LogP contribution in [-0.2, 0) is 9.53 Å². The largest absolute Gasteiger partial charge is 0.469 e. The van der Waals surface area contributed by atoms with Crippen molar-refractivity contribution in [1.82, 2.24) is 9.88 Å².